The lowest BCUT2D eigenvalue weighted by atomic mass is 9.69. The summed E-state index contributed by atoms with van der Waals surface area (Å²) < 4.78 is 25.9. The molecular weight excluding hydrogens is 376 g/mol. The molecule has 0 saturated heterocycles. The van der Waals surface area contributed by atoms with E-state index < -0.39 is 5.83 Å². The molecule has 0 bridgehead atoms. The second-order valence-corrected chi connectivity index (χ2v) is 9.02. The fraction of sp³-hybridized carbons (Fsp3) is 0.519. The summed E-state index contributed by atoms with van der Waals surface area (Å²) in [6, 6.07) is 8.53. The van der Waals surface area contributed by atoms with E-state index in [9.17, 15) is 8.78 Å². The van der Waals surface area contributed by atoms with Crippen molar-refractivity contribution in [3.05, 3.63) is 71.9 Å². The van der Waals surface area contributed by atoms with Crippen LogP contribution in [0.1, 0.15) is 75.7 Å². The van der Waals surface area contributed by atoms with Crippen LogP contribution >= 0.6 is 0 Å². The fourth-order valence-electron chi connectivity index (χ4n) is 5.31. The molecule has 0 aromatic heterocycles. The Balaban J connectivity index is 1.37. The molecule has 3 heteroatoms. The van der Waals surface area contributed by atoms with E-state index in [1.807, 2.05) is 18.2 Å². The number of nitriles is 1. The Labute approximate surface area is 180 Å². The zero-order valence-corrected chi connectivity index (χ0v) is 17.8. The van der Waals surface area contributed by atoms with Crippen LogP contribution in [0, 0.1) is 34.9 Å². The summed E-state index contributed by atoms with van der Waals surface area (Å²) in [6.07, 6.45) is 16.7. The van der Waals surface area contributed by atoms with Gasteiger partial charge in [0.2, 0.25) is 0 Å². The second kappa shape index (κ2) is 11.3. The Morgan fingerprint density at radius 2 is 1.60 bits per heavy atom. The van der Waals surface area contributed by atoms with Crippen molar-refractivity contribution < 1.29 is 8.78 Å². The Hall–Kier alpha value is -2.21. The minimum Gasteiger partial charge on any atom is -0.207 e. The fourth-order valence-corrected chi connectivity index (χ4v) is 5.31. The van der Waals surface area contributed by atoms with Gasteiger partial charge in [0, 0.05) is 0 Å². The first kappa shape index (κ1) is 22.5. The number of nitrogens with zero attached hydrogens (tertiary/aromatic N) is 1. The van der Waals surface area contributed by atoms with Crippen molar-refractivity contribution in [2.24, 2.45) is 17.8 Å². The molecule has 30 heavy (non-hydrogen) atoms. The van der Waals surface area contributed by atoms with Crippen molar-refractivity contribution >= 4 is 0 Å². The van der Waals surface area contributed by atoms with Crippen molar-refractivity contribution in [2.45, 2.75) is 70.1 Å². The monoisotopic (exact) mass is 409 g/mol. The Morgan fingerprint density at radius 1 is 1.00 bits per heavy atom. The Morgan fingerprint density at radius 3 is 2.20 bits per heavy atom. The largest absolute Gasteiger partial charge is 0.207 e. The van der Waals surface area contributed by atoms with Gasteiger partial charge in [0.25, 0.3) is 0 Å². The number of benzene rings is 1. The van der Waals surface area contributed by atoms with Gasteiger partial charge in [-0.15, -0.1) is 0 Å². The average Bonchev–Trinajstić information content (AvgIpc) is 2.79. The zero-order valence-electron chi connectivity index (χ0n) is 17.8. The van der Waals surface area contributed by atoms with Crippen LogP contribution in [0.2, 0.25) is 0 Å². The Bertz CT molecular complexity index is 783. The average molecular weight is 410 g/mol. The molecule has 3 rings (SSSR count). The van der Waals surface area contributed by atoms with Crippen molar-refractivity contribution in [2.75, 3.05) is 0 Å². The molecule has 0 radical (unpaired) electrons. The van der Waals surface area contributed by atoms with E-state index in [-0.39, 0.29) is 5.82 Å². The molecule has 0 heterocycles. The molecule has 0 unspecified atom stereocenters. The molecule has 0 aliphatic heterocycles. The third kappa shape index (κ3) is 6.39. The van der Waals surface area contributed by atoms with E-state index in [0.717, 1.165) is 18.8 Å². The van der Waals surface area contributed by atoms with Crippen molar-refractivity contribution in [3.63, 3.8) is 0 Å². The maximum Gasteiger partial charge on any atom is 0.199 e. The van der Waals surface area contributed by atoms with Gasteiger partial charge >= 0.3 is 0 Å². The molecule has 2 aliphatic rings. The summed E-state index contributed by atoms with van der Waals surface area (Å²) in [6.45, 7) is 4.52. The summed E-state index contributed by atoms with van der Waals surface area (Å²) in [5.41, 5.74) is 2.75. The lowest BCUT2D eigenvalue weighted by Crippen LogP contribution is -2.22. The highest BCUT2D eigenvalue weighted by atomic mass is 19.1. The highest BCUT2D eigenvalue weighted by Gasteiger charge is 2.29. The molecule has 0 N–H and O–H groups in total. The number of allylic oxidation sites excluding steroid dienone is 5. The molecule has 2 aliphatic carbocycles. The van der Waals surface area contributed by atoms with Crippen molar-refractivity contribution in [1.82, 2.24) is 0 Å². The minimum absolute atomic E-state index is 0.155. The van der Waals surface area contributed by atoms with Crippen LogP contribution < -0.4 is 0 Å². The minimum atomic E-state index is -0.739. The van der Waals surface area contributed by atoms with E-state index in [1.54, 1.807) is 18.2 Å². The first-order chi connectivity index (χ1) is 14.6. The first-order valence-corrected chi connectivity index (χ1v) is 11.4. The summed E-state index contributed by atoms with van der Waals surface area (Å²) in [5, 5.41) is 8.39. The van der Waals surface area contributed by atoms with E-state index in [0.29, 0.717) is 17.8 Å². The van der Waals surface area contributed by atoms with Gasteiger partial charge in [-0.3, -0.25) is 0 Å². The van der Waals surface area contributed by atoms with Gasteiger partial charge in [0.1, 0.15) is 11.9 Å². The molecule has 160 valence electrons. The molecular formula is C27H33F2N. The molecule has 1 aromatic carbocycles. The number of hydrogen-bond donors (Lipinski definition) is 0. The van der Waals surface area contributed by atoms with E-state index in [2.05, 4.69) is 6.58 Å². The van der Waals surface area contributed by atoms with Crippen LogP contribution in [-0.4, -0.2) is 0 Å². The smallest absolute Gasteiger partial charge is 0.199 e. The van der Waals surface area contributed by atoms with Crippen LogP contribution in [0.15, 0.2) is 60.5 Å². The van der Waals surface area contributed by atoms with Crippen LogP contribution in [0.25, 0.3) is 0 Å². The lowest BCUT2D eigenvalue weighted by Gasteiger charge is -2.36. The topological polar surface area (TPSA) is 23.8 Å². The van der Waals surface area contributed by atoms with Crippen molar-refractivity contribution in [1.29, 1.82) is 5.26 Å². The maximum atomic E-state index is 13.2. The quantitative estimate of drug-likeness (QED) is 0.253. The second-order valence-electron chi connectivity index (χ2n) is 9.02. The molecule has 0 amide bonds. The predicted molar refractivity (Wildman–Crippen MR) is 119 cm³/mol. The van der Waals surface area contributed by atoms with E-state index in [1.165, 1.54) is 74.6 Å². The van der Waals surface area contributed by atoms with Gasteiger partial charge in [-0.1, -0.05) is 36.4 Å². The summed E-state index contributed by atoms with van der Waals surface area (Å²) >= 11 is 0. The first-order valence-electron chi connectivity index (χ1n) is 11.4. The predicted octanol–water partition coefficient (Wildman–Crippen LogP) is 8.18. The number of hydrogen-bond acceptors (Lipinski definition) is 1. The van der Waals surface area contributed by atoms with Crippen LogP contribution in [0.4, 0.5) is 8.78 Å². The lowest BCUT2D eigenvalue weighted by molar-refractivity contribution is 0.260. The van der Waals surface area contributed by atoms with Crippen LogP contribution in [0.3, 0.4) is 0 Å². The SMILES string of the molecule is C=C(C1CCC(CCC=CC=C(F)C#N)CC1)C1CCC(c2ccc(F)cc2)CC1. The molecule has 2 saturated carbocycles. The molecule has 1 aromatic rings. The van der Waals surface area contributed by atoms with Gasteiger partial charge in [0.15, 0.2) is 5.83 Å². The van der Waals surface area contributed by atoms with E-state index in [4.69, 9.17) is 5.26 Å². The zero-order chi connectivity index (χ0) is 21.3. The highest BCUT2D eigenvalue weighted by Crippen LogP contribution is 2.44. The van der Waals surface area contributed by atoms with Gasteiger partial charge in [-0.2, -0.15) is 9.65 Å². The van der Waals surface area contributed by atoms with Gasteiger partial charge in [0.05, 0.1) is 0 Å². The standard InChI is InChI=1S/C27H33F2N/c1-20(23-11-13-24(14-12-23)25-15-17-26(28)18-16-25)22-9-7-21(8-10-22)5-3-2-4-6-27(29)19-30/h2,4,6,15-18,21-24H,1,3,5,7-14H2. The highest BCUT2D eigenvalue weighted by molar-refractivity contribution is 5.22. The summed E-state index contributed by atoms with van der Waals surface area (Å²) in [5.74, 6) is 1.73. The Kier molecular flexibility index (Phi) is 8.43. The van der Waals surface area contributed by atoms with E-state index >= 15 is 0 Å². The van der Waals surface area contributed by atoms with Crippen LogP contribution in [-0.2, 0) is 0 Å². The molecule has 1 nitrogen and oxygen atoms in total. The summed E-state index contributed by atoms with van der Waals surface area (Å²) in [4.78, 5) is 0. The molecule has 0 spiro atoms. The molecule has 2 fully saturated rings. The van der Waals surface area contributed by atoms with Crippen LogP contribution in [0.5, 0.6) is 0 Å². The van der Waals surface area contributed by atoms with Gasteiger partial charge in [-0.05, 0) is 112 Å². The third-order valence-electron chi connectivity index (χ3n) is 7.19. The number of rotatable bonds is 7. The van der Waals surface area contributed by atoms with Gasteiger partial charge < -0.3 is 0 Å². The third-order valence-corrected chi connectivity index (χ3v) is 7.19. The molecule has 0 atom stereocenters. The maximum absolute atomic E-state index is 13.2. The summed E-state index contributed by atoms with van der Waals surface area (Å²) in [7, 11) is 0. The van der Waals surface area contributed by atoms with Crippen molar-refractivity contribution in [3.8, 4) is 6.07 Å². The van der Waals surface area contributed by atoms with Gasteiger partial charge in [-0.25, -0.2) is 4.39 Å². The normalized spacial score (nSPS) is 27.7. The number of halogens is 2.